The molecule has 0 aromatic rings. The van der Waals surface area contributed by atoms with E-state index in [0.29, 0.717) is 29.1 Å². The van der Waals surface area contributed by atoms with E-state index in [9.17, 15) is 15.0 Å². The van der Waals surface area contributed by atoms with Crippen LogP contribution in [0.4, 0.5) is 0 Å². The molecule has 3 fully saturated rings. The monoisotopic (exact) mass is 458 g/mol. The Morgan fingerprint density at radius 3 is 2.33 bits per heavy atom. The van der Waals surface area contributed by atoms with Crippen LogP contribution in [0.3, 0.4) is 0 Å². The molecule has 0 saturated heterocycles. The number of aliphatic hydroxyl groups excluding tert-OH is 1. The largest absolute Gasteiger partial charge is 0.392 e. The number of rotatable bonds is 4. The molecular formula is C30H50O3. The summed E-state index contributed by atoms with van der Waals surface area (Å²) in [6, 6.07) is 0. The maximum absolute atomic E-state index is 12.4. The van der Waals surface area contributed by atoms with Gasteiger partial charge in [-0.15, -0.1) is 0 Å². The lowest BCUT2D eigenvalue weighted by Crippen LogP contribution is -2.61. The zero-order chi connectivity index (χ0) is 24.7. The van der Waals surface area contributed by atoms with Gasteiger partial charge in [-0.25, -0.2) is 0 Å². The number of hydrogen-bond donors (Lipinski definition) is 2. The van der Waals surface area contributed by atoms with Crippen LogP contribution >= 0.6 is 0 Å². The predicted molar refractivity (Wildman–Crippen MR) is 135 cm³/mol. The van der Waals surface area contributed by atoms with E-state index < -0.39 is 5.60 Å². The van der Waals surface area contributed by atoms with Crippen molar-refractivity contribution in [3.05, 3.63) is 11.6 Å². The van der Waals surface area contributed by atoms with Gasteiger partial charge in [-0.2, -0.15) is 0 Å². The van der Waals surface area contributed by atoms with E-state index in [0.717, 1.165) is 25.7 Å². The molecule has 3 saturated carbocycles. The highest BCUT2D eigenvalue weighted by atomic mass is 16.3. The minimum Gasteiger partial charge on any atom is -0.392 e. The summed E-state index contributed by atoms with van der Waals surface area (Å²) in [6.07, 6.45) is 13.1. The van der Waals surface area contributed by atoms with Crippen LogP contribution < -0.4 is 0 Å². The van der Waals surface area contributed by atoms with Gasteiger partial charge in [0.1, 0.15) is 5.60 Å². The van der Waals surface area contributed by atoms with Crippen molar-refractivity contribution in [2.45, 2.75) is 131 Å². The van der Waals surface area contributed by atoms with Gasteiger partial charge in [0.05, 0.1) is 6.10 Å². The quantitative estimate of drug-likeness (QED) is 0.453. The second-order valence-corrected chi connectivity index (χ2v) is 14.8. The second kappa shape index (κ2) is 7.66. The van der Waals surface area contributed by atoms with E-state index in [2.05, 4.69) is 47.6 Å². The van der Waals surface area contributed by atoms with E-state index >= 15 is 0 Å². The molecule has 4 aliphatic rings. The van der Waals surface area contributed by atoms with Gasteiger partial charge >= 0.3 is 0 Å². The molecule has 0 bridgehead atoms. The van der Waals surface area contributed by atoms with Crippen molar-refractivity contribution in [2.24, 2.45) is 38.9 Å². The van der Waals surface area contributed by atoms with E-state index in [1.807, 2.05) is 0 Å². The standard InChI is InChI=1S/C30H50O3/c1-25(2)20-9-11-22-29(7,21(20)10-12-23(25)31)17-16-28(6)19-27(5,15-18-30(22,28)8)14-13-24(32)26(3,4)33/h9,21-23,31,33H,10-19H2,1-8H3/t21-,22+,23+,27-,28+,29+,30-/m0/s1. The Hall–Kier alpha value is -0.670. The van der Waals surface area contributed by atoms with Crippen molar-refractivity contribution >= 4 is 5.78 Å². The molecule has 0 heterocycles. The zero-order valence-electron chi connectivity index (χ0n) is 22.7. The van der Waals surface area contributed by atoms with Crippen molar-refractivity contribution in [2.75, 3.05) is 0 Å². The van der Waals surface area contributed by atoms with Gasteiger partial charge in [-0.1, -0.05) is 53.2 Å². The number of Topliss-reactive ketones (excluding diaryl/α,β-unsaturated/α-hetero) is 1. The number of fused-ring (bicyclic) bond motifs is 5. The van der Waals surface area contributed by atoms with Crippen molar-refractivity contribution < 1.29 is 15.0 Å². The summed E-state index contributed by atoms with van der Waals surface area (Å²) in [5.74, 6) is 1.27. The van der Waals surface area contributed by atoms with Crippen LogP contribution in [0, 0.1) is 38.9 Å². The summed E-state index contributed by atoms with van der Waals surface area (Å²) in [5.41, 5.74) is 1.31. The molecule has 4 aliphatic carbocycles. The first-order chi connectivity index (χ1) is 15.0. The first kappa shape index (κ1) is 25.4. The number of allylic oxidation sites excluding steroid dienone is 1. The highest BCUT2D eigenvalue weighted by molar-refractivity contribution is 5.86. The summed E-state index contributed by atoms with van der Waals surface area (Å²) in [4.78, 5) is 12.4. The molecular weight excluding hydrogens is 408 g/mol. The third-order valence-corrected chi connectivity index (χ3v) is 11.9. The summed E-state index contributed by atoms with van der Waals surface area (Å²) < 4.78 is 0. The lowest BCUT2D eigenvalue weighted by molar-refractivity contribution is -0.184. The topological polar surface area (TPSA) is 57.5 Å². The second-order valence-electron chi connectivity index (χ2n) is 14.8. The Morgan fingerprint density at radius 1 is 1.03 bits per heavy atom. The molecule has 0 radical (unpaired) electrons. The van der Waals surface area contributed by atoms with Gasteiger partial charge in [0.2, 0.25) is 0 Å². The average molecular weight is 459 g/mol. The Balaban J connectivity index is 1.59. The van der Waals surface area contributed by atoms with Gasteiger partial charge < -0.3 is 10.2 Å². The van der Waals surface area contributed by atoms with Crippen LogP contribution in [0.15, 0.2) is 11.6 Å². The SMILES string of the molecule is CC(C)(O)C(=O)CC[C@@]1(C)CC[C@@]2(C)[C@@H]3CC=C4[C@H](CC[C@@H](O)C4(C)C)[C@@]3(C)CC[C@]2(C)C1. The van der Waals surface area contributed by atoms with Crippen LogP contribution in [0.5, 0.6) is 0 Å². The lowest BCUT2D eigenvalue weighted by Gasteiger charge is -2.69. The van der Waals surface area contributed by atoms with Crippen LogP contribution in [-0.2, 0) is 4.79 Å². The number of carbonyl (C=O) groups is 1. The smallest absolute Gasteiger partial charge is 0.163 e. The zero-order valence-corrected chi connectivity index (χ0v) is 22.7. The highest BCUT2D eigenvalue weighted by Gasteiger charge is 2.65. The third-order valence-electron chi connectivity index (χ3n) is 11.9. The van der Waals surface area contributed by atoms with E-state index in [-0.39, 0.29) is 28.1 Å². The van der Waals surface area contributed by atoms with Gasteiger partial charge in [0.15, 0.2) is 5.78 Å². The average Bonchev–Trinajstić information content (AvgIpc) is 2.70. The van der Waals surface area contributed by atoms with E-state index in [1.54, 1.807) is 13.8 Å². The van der Waals surface area contributed by atoms with Crippen molar-refractivity contribution in [3.63, 3.8) is 0 Å². The molecule has 0 amide bonds. The van der Waals surface area contributed by atoms with Gasteiger partial charge in [0, 0.05) is 11.8 Å². The molecule has 0 aromatic carbocycles. The molecule has 7 atom stereocenters. The Morgan fingerprint density at radius 2 is 1.70 bits per heavy atom. The number of hydrogen-bond acceptors (Lipinski definition) is 3. The minimum absolute atomic E-state index is 0.0227. The predicted octanol–water partition coefficient (Wildman–Crippen LogP) is 6.85. The fourth-order valence-corrected chi connectivity index (χ4v) is 9.21. The molecule has 188 valence electrons. The highest BCUT2D eigenvalue weighted by Crippen LogP contribution is 2.73. The molecule has 0 aromatic heterocycles. The lowest BCUT2D eigenvalue weighted by atomic mass is 9.35. The molecule has 0 aliphatic heterocycles. The fraction of sp³-hybridized carbons (Fsp3) is 0.900. The molecule has 0 unspecified atom stereocenters. The minimum atomic E-state index is -1.22. The molecule has 2 N–H and O–H groups in total. The number of carbonyl (C=O) groups excluding carboxylic acids is 1. The number of ketones is 1. The summed E-state index contributed by atoms with van der Waals surface area (Å²) >= 11 is 0. The fourth-order valence-electron chi connectivity index (χ4n) is 9.21. The summed E-state index contributed by atoms with van der Waals surface area (Å²) in [6.45, 7) is 17.9. The normalized spacial score (nSPS) is 47.1. The van der Waals surface area contributed by atoms with E-state index in [1.165, 1.54) is 37.7 Å². The van der Waals surface area contributed by atoms with Crippen molar-refractivity contribution in [1.29, 1.82) is 0 Å². The molecule has 4 rings (SSSR count). The van der Waals surface area contributed by atoms with Crippen LogP contribution in [0.25, 0.3) is 0 Å². The molecule has 33 heavy (non-hydrogen) atoms. The third kappa shape index (κ3) is 3.79. The first-order valence-electron chi connectivity index (χ1n) is 13.6. The summed E-state index contributed by atoms with van der Waals surface area (Å²) in [5, 5.41) is 20.9. The van der Waals surface area contributed by atoms with Crippen LogP contribution in [-0.4, -0.2) is 27.7 Å². The van der Waals surface area contributed by atoms with Gasteiger partial charge in [-0.05, 0) is 105 Å². The Labute approximate surface area is 202 Å². The molecule has 3 heteroatoms. The summed E-state index contributed by atoms with van der Waals surface area (Å²) in [7, 11) is 0. The molecule has 3 nitrogen and oxygen atoms in total. The molecule has 0 spiro atoms. The maximum Gasteiger partial charge on any atom is 0.163 e. The number of aliphatic hydroxyl groups is 2. The van der Waals surface area contributed by atoms with Gasteiger partial charge in [0.25, 0.3) is 0 Å². The first-order valence-corrected chi connectivity index (χ1v) is 13.6. The van der Waals surface area contributed by atoms with Crippen LogP contribution in [0.2, 0.25) is 0 Å². The maximum atomic E-state index is 12.4. The van der Waals surface area contributed by atoms with E-state index in [4.69, 9.17) is 0 Å². The Kier molecular flexibility index (Phi) is 5.90. The van der Waals surface area contributed by atoms with Crippen molar-refractivity contribution in [3.8, 4) is 0 Å². The van der Waals surface area contributed by atoms with Crippen LogP contribution in [0.1, 0.15) is 120 Å². The van der Waals surface area contributed by atoms with Gasteiger partial charge in [-0.3, -0.25) is 4.79 Å². The van der Waals surface area contributed by atoms with Crippen molar-refractivity contribution in [1.82, 2.24) is 0 Å². The Bertz CT molecular complexity index is 834.